The van der Waals surface area contributed by atoms with E-state index in [0.29, 0.717) is 0 Å². The summed E-state index contributed by atoms with van der Waals surface area (Å²) in [6.45, 7) is 18.0. The van der Waals surface area contributed by atoms with Crippen molar-refractivity contribution in [1.29, 1.82) is 5.26 Å². The molecule has 0 rings (SSSR count). The molecule has 0 amide bonds. The van der Waals surface area contributed by atoms with Crippen LogP contribution in [0.25, 0.3) is 0 Å². The number of hydrogen-bond acceptors (Lipinski definition) is 3. The van der Waals surface area contributed by atoms with E-state index < -0.39 is 8.32 Å². The molecule has 3 nitrogen and oxygen atoms in total. The van der Waals surface area contributed by atoms with Gasteiger partial charge in [0.25, 0.3) is 0 Å². The lowest BCUT2D eigenvalue weighted by Gasteiger charge is -2.37. The van der Waals surface area contributed by atoms with Crippen LogP contribution in [0.15, 0.2) is 29.0 Å². The van der Waals surface area contributed by atoms with Crippen molar-refractivity contribution in [1.82, 2.24) is 0 Å². The lowest BCUT2D eigenvalue weighted by Crippen LogP contribution is -2.40. The predicted octanol–water partition coefficient (Wildman–Crippen LogP) is 5.23. The quantitative estimate of drug-likeness (QED) is 0.202. The van der Waals surface area contributed by atoms with E-state index in [9.17, 15) is 0 Å². The van der Waals surface area contributed by atoms with Gasteiger partial charge in [0.1, 0.15) is 6.07 Å². The van der Waals surface area contributed by atoms with Gasteiger partial charge in [-0.05, 0) is 49.9 Å². The normalized spacial score (nSPS) is 13.3. The van der Waals surface area contributed by atoms with Crippen molar-refractivity contribution in [2.75, 3.05) is 6.54 Å². The topological polar surface area (TPSA) is 45.4 Å². The number of nitrogens with zero attached hydrogens (tertiary/aromatic N) is 2. The Labute approximate surface area is 131 Å². The number of nitriles is 1. The van der Waals surface area contributed by atoms with Gasteiger partial charge in [0.2, 0.25) is 8.32 Å². The zero-order valence-electron chi connectivity index (χ0n) is 14.5. The largest absolute Gasteiger partial charge is 0.544 e. The summed E-state index contributed by atoms with van der Waals surface area (Å²) >= 11 is 0. The second-order valence-corrected chi connectivity index (χ2v) is 11.6. The van der Waals surface area contributed by atoms with Gasteiger partial charge in [-0.3, -0.25) is 4.99 Å². The van der Waals surface area contributed by atoms with Crippen LogP contribution in [-0.4, -0.2) is 21.1 Å². The molecule has 0 N–H and O–H groups in total. The molecule has 0 unspecified atom stereocenters. The number of aliphatic imine (C=N–C) groups is 1. The fourth-order valence-electron chi connectivity index (χ4n) is 1.43. The van der Waals surface area contributed by atoms with Crippen LogP contribution in [-0.2, 0) is 4.43 Å². The molecule has 0 aliphatic rings. The van der Waals surface area contributed by atoms with E-state index in [4.69, 9.17) is 9.69 Å². The number of unbranched alkanes of at least 4 members (excludes halogenated alkanes) is 2. The van der Waals surface area contributed by atoms with Gasteiger partial charge in [0.05, 0.1) is 12.0 Å². The number of hydrogen-bond donors (Lipinski definition) is 0. The Kier molecular flexibility index (Phi) is 8.27. The Morgan fingerprint density at radius 1 is 1.33 bits per heavy atom. The molecule has 0 atom stereocenters. The summed E-state index contributed by atoms with van der Waals surface area (Å²) in [7, 11) is -1.79. The standard InChI is InChI=1S/C17H30N2OSi/c1-15(11-9-8-10-13-19-14-12-18)16(2)20-21(6,7)17(3,4)5/h11,14H,2,8-10,13H2,1,3-7H3/b15-11+,19-14?. The summed E-state index contributed by atoms with van der Waals surface area (Å²) in [6.07, 6.45) is 6.54. The van der Waals surface area contributed by atoms with E-state index in [-0.39, 0.29) is 5.04 Å². The van der Waals surface area contributed by atoms with Gasteiger partial charge < -0.3 is 4.43 Å². The summed E-state index contributed by atoms with van der Waals surface area (Å²) in [5.41, 5.74) is 1.13. The highest BCUT2D eigenvalue weighted by atomic mass is 28.4. The van der Waals surface area contributed by atoms with E-state index in [2.05, 4.69) is 58.4 Å². The number of allylic oxidation sites excluding steroid dienone is 2. The Balaban J connectivity index is 4.24. The third-order valence-corrected chi connectivity index (χ3v) is 8.33. The maximum atomic E-state index is 8.32. The minimum Gasteiger partial charge on any atom is -0.544 e. The average Bonchev–Trinajstić information content (AvgIpc) is 2.35. The smallest absolute Gasteiger partial charge is 0.250 e. The van der Waals surface area contributed by atoms with Gasteiger partial charge in [-0.15, -0.1) is 0 Å². The first-order chi connectivity index (χ1) is 9.62. The van der Waals surface area contributed by atoms with Crippen LogP contribution in [0.2, 0.25) is 18.1 Å². The van der Waals surface area contributed by atoms with Crippen molar-refractivity contribution in [3.05, 3.63) is 24.0 Å². The van der Waals surface area contributed by atoms with Gasteiger partial charge in [0.15, 0.2) is 0 Å². The van der Waals surface area contributed by atoms with E-state index >= 15 is 0 Å². The average molecular weight is 307 g/mol. The fourth-order valence-corrected chi connectivity index (χ4v) is 2.51. The molecule has 21 heavy (non-hydrogen) atoms. The monoisotopic (exact) mass is 306 g/mol. The van der Waals surface area contributed by atoms with Gasteiger partial charge >= 0.3 is 0 Å². The predicted molar refractivity (Wildman–Crippen MR) is 94.0 cm³/mol. The highest BCUT2D eigenvalue weighted by molar-refractivity contribution is 6.74. The van der Waals surface area contributed by atoms with Crippen LogP contribution in [0.4, 0.5) is 0 Å². The highest BCUT2D eigenvalue weighted by Crippen LogP contribution is 2.38. The second-order valence-electron chi connectivity index (χ2n) is 6.83. The molecule has 0 aliphatic carbocycles. The summed E-state index contributed by atoms with van der Waals surface area (Å²) < 4.78 is 6.19. The van der Waals surface area contributed by atoms with Crippen LogP contribution in [0.1, 0.15) is 47.0 Å². The maximum Gasteiger partial charge on any atom is 0.250 e. The van der Waals surface area contributed by atoms with Crippen molar-refractivity contribution in [2.24, 2.45) is 4.99 Å². The molecule has 118 valence electrons. The molecular formula is C17H30N2OSi. The SMILES string of the molecule is C=C(O[Si](C)(C)C(C)(C)C)/C(C)=C/CCCCN=CC#N. The van der Waals surface area contributed by atoms with Gasteiger partial charge in [-0.2, -0.15) is 5.26 Å². The Morgan fingerprint density at radius 3 is 2.48 bits per heavy atom. The molecule has 0 heterocycles. The molecule has 0 aliphatic heterocycles. The Morgan fingerprint density at radius 2 is 1.95 bits per heavy atom. The van der Waals surface area contributed by atoms with E-state index in [1.807, 2.05) is 6.07 Å². The van der Waals surface area contributed by atoms with E-state index in [1.54, 1.807) is 0 Å². The Hall–Kier alpha value is -1.34. The summed E-state index contributed by atoms with van der Waals surface area (Å²) in [6, 6.07) is 1.90. The minimum atomic E-state index is -1.79. The fraction of sp³-hybridized carbons (Fsp3) is 0.647. The first kappa shape index (κ1) is 19.7. The third-order valence-electron chi connectivity index (χ3n) is 3.97. The summed E-state index contributed by atoms with van der Waals surface area (Å²) in [5, 5.41) is 8.51. The number of rotatable bonds is 8. The van der Waals surface area contributed by atoms with Crippen molar-refractivity contribution in [3.8, 4) is 6.07 Å². The molecule has 0 radical (unpaired) electrons. The summed E-state index contributed by atoms with van der Waals surface area (Å²) in [4.78, 5) is 3.97. The summed E-state index contributed by atoms with van der Waals surface area (Å²) in [5.74, 6) is 0.809. The molecule has 0 fully saturated rings. The van der Waals surface area contributed by atoms with Crippen molar-refractivity contribution < 1.29 is 4.43 Å². The lowest BCUT2D eigenvalue weighted by molar-refractivity contribution is 0.395. The Bertz CT molecular complexity index is 437. The van der Waals surface area contributed by atoms with Crippen LogP contribution in [0.3, 0.4) is 0 Å². The van der Waals surface area contributed by atoms with Crippen LogP contribution in [0, 0.1) is 11.3 Å². The van der Waals surface area contributed by atoms with Crippen LogP contribution < -0.4 is 0 Å². The molecule has 0 bridgehead atoms. The molecule has 0 saturated heterocycles. The van der Waals surface area contributed by atoms with Crippen LogP contribution in [0.5, 0.6) is 0 Å². The van der Waals surface area contributed by atoms with E-state index in [0.717, 1.165) is 37.1 Å². The zero-order valence-corrected chi connectivity index (χ0v) is 15.5. The molecule has 0 aromatic rings. The van der Waals surface area contributed by atoms with Crippen molar-refractivity contribution in [2.45, 2.75) is 65.1 Å². The van der Waals surface area contributed by atoms with Gasteiger partial charge in [-0.25, -0.2) is 0 Å². The third kappa shape index (κ3) is 7.86. The first-order valence-corrected chi connectivity index (χ1v) is 10.5. The molecule has 0 saturated carbocycles. The first-order valence-electron chi connectivity index (χ1n) is 7.55. The maximum absolute atomic E-state index is 8.32. The van der Waals surface area contributed by atoms with E-state index in [1.165, 1.54) is 6.21 Å². The zero-order chi connectivity index (χ0) is 16.5. The molecule has 0 aromatic heterocycles. The van der Waals surface area contributed by atoms with Crippen molar-refractivity contribution in [3.63, 3.8) is 0 Å². The molecule has 4 heteroatoms. The van der Waals surface area contributed by atoms with Gasteiger partial charge in [0, 0.05) is 6.54 Å². The van der Waals surface area contributed by atoms with Gasteiger partial charge in [-0.1, -0.05) is 33.4 Å². The molecule has 0 spiro atoms. The van der Waals surface area contributed by atoms with Crippen LogP contribution >= 0.6 is 0 Å². The second kappa shape index (κ2) is 8.84. The minimum absolute atomic E-state index is 0.189. The molecular weight excluding hydrogens is 276 g/mol. The lowest BCUT2D eigenvalue weighted by atomic mass is 10.1. The molecule has 0 aromatic carbocycles. The highest BCUT2D eigenvalue weighted by Gasteiger charge is 2.39. The van der Waals surface area contributed by atoms with Crippen molar-refractivity contribution >= 4 is 14.5 Å².